The van der Waals surface area contributed by atoms with Crippen molar-refractivity contribution in [2.45, 2.75) is 27.2 Å². The van der Waals surface area contributed by atoms with Gasteiger partial charge in [-0.1, -0.05) is 55.0 Å². The number of hydrogen-bond donors (Lipinski definition) is 2. The topological polar surface area (TPSA) is 68.0 Å². The molecule has 1 aromatic carbocycles. The third kappa shape index (κ3) is 3.57. The van der Waals surface area contributed by atoms with Gasteiger partial charge in [-0.25, -0.2) is 4.98 Å². The molecule has 0 fully saturated rings. The molecule has 0 aliphatic carbocycles. The van der Waals surface area contributed by atoms with Gasteiger partial charge >= 0.3 is 0 Å². The molecule has 0 radical (unpaired) electrons. The van der Waals surface area contributed by atoms with Crippen LogP contribution in [-0.4, -0.2) is 10.9 Å². The highest BCUT2D eigenvalue weighted by atomic mass is 32.1. The Morgan fingerprint density at radius 1 is 1.35 bits per heavy atom. The number of carbonyl (C=O) groups excluding carboxylic acids is 1. The number of anilines is 2. The second-order valence-electron chi connectivity index (χ2n) is 5.24. The quantitative estimate of drug-likeness (QED) is 0.902. The molecule has 0 atom stereocenters. The van der Waals surface area contributed by atoms with Gasteiger partial charge in [0.05, 0.1) is 0 Å². The van der Waals surface area contributed by atoms with Gasteiger partial charge < -0.3 is 11.1 Å². The SMILES string of the molecule is Cc1ccc(-c2nc(NC(=O)CC(C)C)sc2N)cc1. The summed E-state index contributed by atoms with van der Waals surface area (Å²) in [5.41, 5.74) is 8.88. The van der Waals surface area contributed by atoms with E-state index in [4.69, 9.17) is 5.73 Å². The van der Waals surface area contributed by atoms with Gasteiger partial charge in [0.1, 0.15) is 10.7 Å². The van der Waals surface area contributed by atoms with Gasteiger partial charge in [0.25, 0.3) is 0 Å². The van der Waals surface area contributed by atoms with E-state index in [1.54, 1.807) is 0 Å². The molecule has 0 saturated heterocycles. The van der Waals surface area contributed by atoms with Crippen LogP contribution in [0, 0.1) is 12.8 Å². The van der Waals surface area contributed by atoms with Crippen molar-refractivity contribution in [2.24, 2.45) is 5.92 Å². The summed E-state index contributed by atoms with van der Waals surface area (Å²) in [6, 6.07) is 8.01. The molecule has 2 rings (SSSR count). The molecular weight excluding hydrogens is 270 g/mol. The maximum absolute atomic E-state index is 11.7. The van der Waals surface area contributed by atoms with Gasteiger partial charge in [-0.2, -0.15) is 0 Å². The minimum Gasteiger partial charge on any atom is -0.389 e. The molecule has 1 heterocycles. The first kappa shape index (κ1) is 14.5. The van der Waals surface area contributed by atoms with Crippen LogP contribution in [0.3, 0.4) is 0 Å². The molecule has 2 aromatic rings. The molecule has 5 heteroatoms. The van der Waals surface area contributed by atoms with Gasteiger partial charge in [-0.05, 0) is 12.8 Å². The number of benzene rings is 1. The lowest BCUT2D eigenvalue weighted by Crippen LogP contribution is -2.13. The molecule has 0 bridgehead atoms. The molecule has 0 saturated carbocycles. The predicted molar refractivity (Wildman–Crippen MR) is 84.8 cm³/mol. The fraction of sp³-hybridized carbons (Fsp3) is 0.333. The third-order valence-electron chi connectivity index (χ3n) is 2.82. The highest BCUT2D eigenvalue weighted by Crippen LogP contribution is 2.33. The summed E-state index contributed by atoms with van der Waals surface area (Å²) in [6.07, 6.45) is 0.485. The number of thiazole rings is 1. The summed E-state index contributed by atoms with van der Waals surface area (Å²) in [4.78, 5) is 16.2. The highest BCUT2D eigenvalue weighted by molar-refractivity contribution is 7.20. The zero-order valence-corrected chi connectivity index (χ0v) is 12.8. The minimum atomic E-state index is -0.0239. The maximum Gasteiger partial charge on any atom is 0.226 e. The number of aryl methyl sites for hydroxylation is 1. The fourth-order valence-corrected chi connectivity index (χ4v) is 2.62. The van der Waals surface area contributed by atoms with E-state index in [1.807, 2.05) is 45.0 Å². The molecule has 106 valence electrons. The lowest BCUT2D eigenvalue weighted by atomic mass is 10.1. The van der Waals surface area contributed by atoms with E-state index in [-0.39, 0.29) is 5.91 Å². The Labute approximate surface area is 123 Å². The van der Waals surface area contributed by atoms with Gasteiger partial charge in [-0.3, -0.25) is 4.79 Å². The Kier molecular flexibility index (Phi) is 4.39. The van der Waals surface area contributed by atoms with Crippen molar-refractivity contribution >= 4 is 27.4 Å². The van der Waals surface area contributed by atoms with Crippen LogP contribution in [0.4, 0.5) is 10.1 Å². The van der Waals surface area contributed by atoms with E-state index >= 15 is 0 Å². The summed E-state index contributed by atoms with van der Waals surface area (Å²) >= 11 is 1.30. The number of hydrogen-bond acceptors (Lipinski definition) is 4. The summed E-state index contributed by atoms with van der Waals surface area (Å²) in [6.45, 7) is 6.05. The molecule has 4 nitrogen and oxygen atoms in total. The second-order valence-corrected chi connectivity index (χ2v) is 6.27. The smallest absolute Gasteiger partial charge is 0.226 e. The van der Waals surface area contributed by atoms with Crippen LogP contribution < -0.4 is 11.1 Å². The summed E-state index contributed by atoms with van der Waals surface area (Å²) in [5, 5.41) is 3.98. The number of aromatic nitrogens is 1. The standard InChI is InChI=1S/C15H19N3OS/c1-9(2)8-12(19)17-15-18-13(14(16)20-15)11-6-4-10(3)5-7-11/h4-7,9H,8,16H2,1-3H3,(H,17,18,19). The van der Waals surface area contributed by atoms with Crippen molar-refractivity contribution in [3.63, 3.8) is 0 Å². The summed E-state index contributed by atoms with van der Waals surface area (Å²) in [5.74, 6) is 0.299. The van der Waals surface area contributed by atoms with Crippen molar-refractivity contribution < 1.29 is 4.79 Å². The Hall–Kier alpha value is -1.88. The molecule has 3 N–H and O–H groups in total. The average Bonchev–Trinajstić information content (AvgIpc) is 2.70. The average molecular weight is 289 g/mol. The number of nitrogens with two attached hydrogens (primary N) is 1. The Balaban J connectivity index is 2.17. The Bertz CT molecular complexity index is 602. The van der Waals surface area contributed by atoms with Crippen LogP contribution in [0.2, 0.25) is 0 Å². The van der Waals surface area contributed by atoms with Crippen molar-refractivity contribution in [3.8, 4) is 11.3 Å². The molecular formula is C15H19N3OS. The number of nitrogen functional groups attached to an aromatic ring is 1. The molecule has 1 amide bonds. The normalized spacial score (nSPS) is 10.8. The minimum absolute atomic E-state index is 0.0239. The number of amides is 1. The second kappa shape index (κ2) is 6.05. The lowest BCUT2D eigenvalue weighted by molar-refractivity contribution is -0.116. The molecule has 1 aromatic heterocycles. The Morgan fingerprint density at radius 3 is 2.60 bits per heavy atom. The summed E-state index contributed by atoms with van der Waals surface area (Å²) < 4.78 is 0. The predicted octanol–water partition coefficient (Wildman–Crippen LogP) is 3.69. The van der Waals surface area contributed by atoms with Crippen LogP contribution in [0.1, 0.15) is 25.8 Å². The molecule has 0 aliphatic rings. The number of nitrogens with one attached hydrogen (secondary N) is 1. The van der Waals surface area contributed by atoms with E-state index in [0.717, 1.165) is 11.3 Å². The molecule has 0 spiro atoms. The first-order valence-corrected chi connectivity index (χ1v) is 7.40. The summed E-state index contributed by atoms with van der Waals surface area (Å²) in [7, 11) is 0. The zero-order valence-electron chi connectivity index (χ0n) is 11.9. The number of nitrogens with zero attached hydrogens (tertiary/aromatic N) is 1. The number of carbonyl (C=O) groups is 1. The first-order valence-electron chi connectivity index (χ1n) is 6.59. The van der Waals surface area contributed by atoms with Crippen molar-refractivity contribution in [1.82, 2.24) is 4.98 Å². The van der Waals surface area contributed by atoms with Crippen molar-refractivity contribution in [2.75, 3.05) is 11.1 Å². The van der Waals surface area contributed by atoms with Gasteiger partial charge in [0.2, 0.25) is 5.91 Å². The number of rotatable bonds is 4. The van der Waals surface area contributed by atoms with Crippen LogP contribution >= 0.6 is 11.3 Å². The van der Waals surface area contributed by atoms with E-state index in [0.29, 0.717) is 22.5 Å². The maximum atomic E-state index is 11.7. The van der Waals surface area contributed by atoms with E-state index in [2.05, 4.69) is 10.3 Å². The fourth-order valence-electron chi connectivity index (χ4n) is 1.84. The van der Waals surface area contributed by atoms with Gasteiger partial charge in [0.15, 0.2) is 5.13 Å². The van der Waals surface area contributed by atoms with Crippen LogP contribution in [0.15, 0.2) is 24.3 Å². The van der Waals surface area contributed by atoms with Crippen LogP contribution in [-0.2, 0) is 4.79 Å². The highest BCUT2D eigenvalue weighted by Gasteiger charge is 2.13. The van der Waals surface area contributed by atoms with E-state index < -0.39 is 0 Å². The van der Waals surface area contributed by atoms with E-state index in [9.17, 15) is 4.79 Å². The molecule has 0 aliphatic heterocycles. The van der Waals surface area contributed by atoms with Crippen molar-refractivity contribution in [3.05, 3.63) is 29.8 Å². The Morgan fingerprint density at radius 2 is 2.00 bits per heavy atom. The first-order chi connectivity index (χ1) is 9.45. The monoisotopic (exact) mass is 289 g/mol. The molecule has 0 unspecified atom stereocenters. The lowest BCUT2D eigenvalue weighted by Gasteiger charge is -2.03. The largest absolute Gasteiger partial charge is 0.389 e. The third-order valence-corrected chi connectivity index (χ3v) is 3.62. The van der Waals surface area contributed by atoms with E-state index in [1.165, 1.54) is 16.9 Å². The molecule has 20 heavy (non-hydrogen) atoms. The van der Waals surface area contributed by atoms with Gasteiger partial charge in [-0.15, -0.1) is 0 Å². The van der Waals surface area contributed by atoms with Crippen LogP contribution in [0.5, 0.6) is 0 Å². The van der Waals surface area contributed by atoms with Gasteiger partial charge in [0, 0.05) is 12.0 Å². The zero-order chi connectivity index (χ0) is 14.7. The van der Waals surface area contributed by atoms with Crippen molar-refractivity contribution in [1.29, 1.82) is 0 Å². The van der Waals surface area contributed by atoms with Crippen LogP contribution in [0.25, 0.3) is 11.3 Å².